The van der Waals surface area contributed by atoms with Gasteiger partial charge in [0.25, 0.3) is 0 Å². The van der Waals surface area contributed by atoms with Crippen molar-refractivity contribution in [1.29, 1.82) is 0 Å². The smallest absolute Gasteiger partial charge is 0.323 e. The first kappa shape index (κ1) is 12.6. The van der Waals surface area contributed by atoms with Crippen LogP contribution in [0.5, 0.6) is 0 Å². The zero-order valence-corrected chi connectivity index (χ0v) is 12.2. The Labute approximate surface area is 127 Å². The number of aromatic amines is 3. The zero-order chi connectivity index (χ0) is 14.4. The molecule has 104 valence electrons. The van der Waals surface area contributed by atoms with E-state index >= 15 is 0 Å². The lowest BCUT2D eigenvalue weighted by Crippen LogP contribution is -1.99. The molecule has 2 heterocycles. The minimum absolute atomic E-state index is 0.213. The molecule has 0 saturated heterocycles. The van der Waals surface area contributed by atoms with Gasteiger partial charge in [0, 0.05) is 9.92 Å². The molecule has 0 amide bonds. The predicted molar refractivity (Wildman–Crippen MR) is 84.1 cm³/mol. The third-order valence-corrected chi connectivity index (χ3v) is 4.32. The third-order valence-electron chi connectivity index (χ3n) is 3.14. The molecule has 0 aliphatic rings. The van der Waals surface area contributed by atoms with E-state index in [1.807, 2.05) is 36.4 Å². The average molecular weight is 317 g/mol. The number of hydrogen-bond donors (Lipinski definition) is 3. The number of hydrogen-bond acceptors (Lipinski definition) is 3. The molecular weight excluding hydrogens is 308 g/mol. The molecule has 0 spiro atoms. The maximum atomic E-state index is 11.4. The SMILES string of the molecule is O=c1[nH]c2cccc(Sc3nc4cc(Cl)ccc4[nH]3)c2[nH]1. The van der Waals surface area contributed by atoms with E-state index in [0.717, 1.165) is 32.1 Å². The monoisotopic (exact) mass is 316 g/mol. The standard InChI is InChI=1S/C14H9ClN4OS/c15-7-4-5-8-10(6-7)18-14(17-8)21-11-3-1-2-9-12(11)19-13(20)16-9/h1-6H,(H,17,18)(H2,16,19,20). The van der Waals surface area contributed by atoms with Gasteiger partial charge in [0.1, 0.15) is 0 Å². The summed E-state index contributed by atoms with van der Waals surface area (Å²) in [6, 6.07) is 11.2. The van der Waals surface area contributed by atoms with Gasteiger partial charge in [-0.05, 0) is 42.1 Å². The van der Waals surface area contributed by atoms with Gasteiger partial charge in [0.05, 0.1) is 22.1 Å². The molecule has 2 aromatic carbocycles. The van der Waals surface area contributed by atoms with E-state index in [1.54, 1.807) is 0 Å². The van der Waals surface area contributed by atoms with Crippen molar-refractivity contribution in [3.05, 3.63) is 51.9 Å². The number of fused-ring (bicyclic) bond motifs is 2. The molecule has 0 aliphatic carbocycles. The van der Waals surface area contributed by atoms with Crippen molar-refractivity contribution in [3.63, 3.8) is 0 Å². The van der Waals surface area contributed by atoms with E-state index in [4.69, 9.17) is 11.6 Å². The summed E-state index contributed by atoms with van der Waals surface area (Å²) in [5, 5.41) is 1.41. The van der Waals surface area contributed by atoms with Gasteiger partial charge in [0.15, 0.2) is 5.16 Å². The van der Waals surface area contributed by atoms with Crippen molar-refractivity contribution >= 4 is 45.4 Å². The molecule has 4 aromatic rings. The highest BCUT2D eigenvalue weighted by Crippen LogP contribution is 2.31. The highest BCUT2D eigenvalue weighted by molar-refractivity contribution is 7.99. The predicted octanol–water partition coefficient (Wildman–Crippen LogP) is 3.54. The number of para-hydroxylation sites is 1. The van der Waals surface area contributed by atoms with Crippen molar-refractivity contribution < 1.29 is 0 Å². The summed E-state index contributed by atoms with van der Waals surface area (Å²) in [6.07, 6.45) is 0. The maximum absolute atomic E-state index is 11.4. The van der Waals surface area contributed by atoms with Crippen molar-refractivity contribution in [3.8, 4) is 0 Å². The van der Waals surface area contributed by atoms with Gasteiger partial charge >= 0.3 is 5.69 Å². The molecule has 0 radical (unpaired) electrons. The molecule has 3 N–H and O–H groups in total. The Hall–Kier alpha value is -2.18. The van der Waals surface area contributed by atoms with Crippen molar-refractivity contribution in [2.24, 2.45) is 0 Å². The van der Waals surface area contributed by atoms with Crippen molar-refractivity contribution in [2.45, 2.75) is 10.1 Å². The molecule has 0 atom stereocenters. The summed E-state index contributed by atoms with van der Waals surface area (Å²) < 4.78 is 0. The molecule has 0 fully saturated rings. The van der Waals surface area contributed by atoms with Crippen LogP contribution >= 0.6 is 23.4 Å². The maximum Gasteiger partial charge on any atom is 0.323 e. The van der Waals surface area contributed by atoms with Crippen LogP contribution in [0.1, 0.15) is 0 Å². The van der Waals surface area contributed by atoms with Crippen molar-refractivity contribution in [1.82, 2.24) is 19.9 Å². The van der Waals surface area contributed by atoms with E-state index in [-0.39, 0.29) is 5.69 Å². The Kier molecular flexibility index (Phi) is 2.80. The summed E-state index contributed by atoms with van der Waals surface area (Å²) in [4.78, 5) is 25.6. The van der Waals surface area contributed by atoms with Gasteiger partial charge in [-0.15, -0.1) is 0 Å². The fourth-order valence-corrected chi connectivity index (χ4v) is 3.31. The topological polar surface area (TPSA) is 77.3 Å². The molecule has 0 bridgehead atoms. The summed E-state index contributed by atoms with van der Waals surface area (Å²) in [6.45, 7) is 0. The summed E-state index contributed by atoms with van der Waals surface area (Å²) >= 11 is 7.43. The van der Waals surface area contributed by atoms with Crippen LogP contribution in [-0.4, -0.2) is 19.9 Å². The molecule has 5 nitrogen and oxygen atoms in total. The van der Waals surface area contributed by atoms with Crippen LogP contribution in [0.25, 0.3) is 22.1 Å². The molecule has 0 saturated carbocycles. The fourth-order valence-electron chi connectivity index (χ4n) is 2.22. The fraction of sp³-hybridized carbons (Fsp3) is 0. The van der Waals surface area contributed by atoms with E-state index < -0.39 is 0 Å². The molecule has 7 heteroatoms. The molecule has 2 aromatic heterocycles. The number of H-pyrrole nitrogens is 3. The first-order chi connectivity index (χ1) is 10.2. The highest BCUT2D eigenvalue weighted by Gasteiger charge is 2.09. The summed E-state index contributed by atoms with van der Waals surface area (Å²) in [5.74, 6) is 0. The van der Waals surface area contributed by atoms with Gasteiger partial charge in [-0.25, -0.2) is 9.78 Å². The first-order valence-corrected chi connectivity index (χ1v) is 7.43. The first-order valence-electron chi connectivity index (χ1n) is 6.23. The number of nitrogens with one attached hydrogen (secondary N) is 3. The lowest BCUT2D eigenvalue weighted by Gasteiger charge is -1.99. The van der Waals surface area contributed by atoms with E-state index in [2.05, 4.69) is 19.9 Å². The Morgan fingerprint density at radius 1 is 1.05 bits per heavy atom. The Bertz CT molecular complexity index is 1020. The molecule has 0 unspecified atom stereocenters. The Balaban J connectivity index is 1.80. The lowest BCUT2D eigenvalue weighted by atomic mass is 10.3. The Morgan fingerprint density at radius 2 is 1.95 bits per heavy atom. The average Bonchev–Trinajstić information content (AvgIpc) is 3.01. The summed E-state index contributed by atoms with van der Waals surface area (Å²) in [5.41, 5.74) is 3.10. The molecular formula is C14H9ClN4OS. The van der Waals surface area contributed by atoms with Crippen molar-refractivity contribution in [2.75, 3.05) is 0 Å². The normalized spacial score (nSPS) is 11.5. The lowest BCUT2D eigenvalue weighted by molar-refractivity contribution is 1.08. The van der Waals surface area contributed by atoms with Gasteiger partial charge in [-0.1, -0.05) is 17.7 Å². The second kappa shape index (κ2) is 4.68. The van der Waals surface area contributed by atoms with Crippen LogP contribution in [0, 0.1) is 0 Å². The molecule has 21 heavy (non-hydrogen) atoms. The van der Waals surface area contributed by atoms with Crippen LogP contribution in [0.3, 0.4) is 0 Å². The Morgan fingerprint density at radius 3 is 2.86 bits per heavy atom. The molecule has 4 rings (SSSR count). The van der Waals surface area contributed by atoms with Gasteiger partial charge in [-0.3, -0.25) is 0 Å². The van der Waals surface area contributed by atoms with Gasteiger partial charge in [0.2, 0.25) is 0 Å². The van der Waals surface area contributed by atoms with Crippen LogP contribution in [-0.2, 0) is 0 Å². The van der Waals surface area contributed by atoms with Gasteiger partial charge < -0.3 is 15.0 Å². The minimum Gasteiger partial charge on any atom is -0.333 e. The van der Waals surface area contributed by atoms with E-state index in [1.165, 1.54) is 11.8 Å². The van der Waals surface area contributed by atoms with E-state index in [0.29, 0.717) is 5.02 Å². The number of aromatic nitrogens is 4. The molecule has 0 aliphatic heterocycles. The quantitative estimate of drug-likeness (QED) is 0.529. The summed E-state index contributed by atoms with van der Waals surface area (Å²) in [7, 11) is 0. The second-order valence-corrected chi connectivity index (χ2v) is 6.03. The second-order valence-electron chi connectivity index (χ2n) is 4.56. The minimum atomic E-state index is -0.213. The number of imidazole rings is 2. The van der Waals surface area contributed by atoms with Crippen LogP contribution < -0.4 is 5.69 Å². The van der Waals surface area contributed by atoms with Gasteiger partial charge in [-0.2, -0.15) is 0 Å². The zero-order valence-electron chi connectivity index (χ0n) is 10.6. The number of nitrogens with zero attached hydrogens (tertiary/aromatic N) is 1. The highest BCUT2D eigenvalue weighted by atomic mass is 35.5. The van der Waals surface area contributed by atoms with Crippen LogP contribution in [0.15, 0.2) is 51.2 Å². The van der Waals surface area contributed by atoms with Crippen LogP contribution in [0.4, 0.5) is 0 Å². The van der Waals surface area contributed by atoms with Crippen LogP contribution in [0.2, 0.25) is 5.02 Å². The largest absolute Gasteiger partial charge is 0.333 e. The number of benzene rings is 2. The number of halogens is 1. The number of rotatable bonds is 2. The third kappa shape index (κ3) is 2.22. The van der Waals surface area contributed by atoms with E-state index in [9.17, 15) is 4.79 Å².